The van der Waals surface area contributed by atoms with Gasteiger partial charge in [0.25, 0.3) is 0 Å². The Bertz CT molecular complexity index is 506. The lowest BCUT2D eigenvalue weighted by atomic mass is 10.0. The molecule has 1 aliphatic carbocycles. The zero-order chi connectivity index (χ0) is 10.5. The van der Waals surface area contributed by atoms with Gasteiger partial charge in [-0.3, -0.25) is 0 Å². The minimum Gasteiger partial charge on any atom is -0.351 e. The van der Waals surface area contributed by atoms with Crippen molar-refractivity contribution in [1.29, 1.82) is 0 Å². The molecule has 1 aromatic carbocycles. The van der Waals surface area contributed by atoms with Crippen molar-refractivity contribution in [3.05, 3.63) is 36.0 Å². The fourth-order valence-corrected chi connectivity index (χ4v) is 2.39. The van der Waals surface area contributed by atoms with Gasteiger partial charge in [0.05, 0.1) is 0 Å². The Kier molecular flexibility index (Phi) is 1.71. The molecule has 1 heterocycles. The van der Waals surface area contributed by atoms with E-state index >= 15 is 0 Å². The summed E-state index contributed by atoms with van der Waals surface area (Å²) in [6.45, 7) is 0. The Labute approximate surface area is 89.9 Å². The van der Waals surface area contributed by atoms with Crippen LogP contribution in [0, 0.1) is 0 Å². The van der Waals surface area contributed by atoms with Crippen molar-refractivity contribution < 1.29 is 0 Å². The second-order valence-corrected chi connectivity index (χ2v) is 4.53. The van der Waals surface area contributed by atoms with Crippen molar-refractivity contribution in [2.45, 2.75) is 18.4 Å². The summed E-state index contributed by atoms with van der Waals surface area (Å²) >= 11 is 0. The van der Waals surface area contributed by atoms with Crippen molar-refractivity contribution in [2.24, 2.45) is 7.05 Å². The van der Waals surface area contributed by atoms with E-state index in [1.807, 2.05) is 0 Å². The molecule has 2 heteroatoms. The molecule has 1 fully saturated rings. The van der Waals surface area contributed by atoms with E-state index in [-0.39, 0.29) is 5.54 Å². The third-order valence-corrected chi connectivity index (χ3v) is 3.67. The Morgan fingerprint density at radius 1 is 1.27 bits per heavy atom. The van der Waals surface area contributed by atoms with Crippen LogP contribution in [-0.2, 0) is 12.6 Å². The molecule has 0 aliphatic heterocycles. The van der Waals surface area contributed by atoms with E-state index in [2.05, 4.69) is 54.4 Å². The molecule has 2 aromatic rings. The van der Waals surface area contributed by atoms with Gasteiger partial charge in [-0.05, 0) is 49.0 Å². The highest BCUT2D eigenvalue weighted by Crippen LogP contribution is 2.45. The van der Waals surface area contributed by atoms with Gasteiger partial charge in [0.15, 0.2) is 0 Å². The Morgan fingerprint density at radius 3 is 2.73 bits per heavy atom. The maximum Gasteiger partial charge on any atom is 0.0477 e. The van der Waals surface area contributed by atoms with Crippen LogP contribution in [0.2, 0.25) is 0 Å². The topological polar surface area (TPSA) is 17.0 Å². The number of aromatic nitrogens is 1. The fourth-order valence-electron chi connectivity index (χ4n) is 2.39. The molecule has 1 N–H and O–H groups in total. The maximum atomic E-state index is 3.43. The molecule has 0 atom stereocenters. The molecule has 0 bridgehead atoms. The first-order valence-electron chi connectivity index (χ1n) is 5.50. The van der Waals surface area contributed by atoms with Crippen molar-refractivity contribution in [3.8, 4) is 0 Å². The zero-order valence-electron chi connectivity index (χ0n) is 9.25. The van der Waals surface area contributed by atoms with Gasteiger partial charge in [-0.25, -0.2) is 0 Å². The van der Waals surface area contributed by atoms with Crippen LogP contribution < -0.4 is 5.32 Å². The standard InChI is InChI=1S/C13H16N2/c1-14-13(6-7-13)11-3-4-12-10(9-11)5-8-15(12)2/h3-5,8-9,14H,6-7H2,1-2H3. The maximum absolute atomic E-state index is 3.43. The van der Waals surface area contributed by atoms with E-state index in [4.69, 9.17) is 0 Å². The number of benzene rings is 1. The molecular weight excluding hydrogens is 184 g/mol. The average Bonchev–Trinajstić information content (AvgIpc) is 2.99. The van der Waals surface area contributed by atoms with Crippen molar-refractivity contribution in [2.75, 3.05) is 7.05 Å². The molecule has 0 spiro atoms. The number of nitrogens with zero attached hydrogens (tertiary/aromatic N) is 1. The molecule has 0 saturated heterocycles. The van der Waals surface area contributed by atoms with Gasteiger partial charge >= 0.3 is 0 Å². The number of fused-ring (bicyclic) bond motifs is 1. The predicted octanol–water partition coefficient (Wildman–Crippen LogP) is 2.39. The van der Waals surface area contributed by atoms with Crippen molar-refractivity contribution in [3.63, 3.8) is 0 Å². The highest BCUT2D eigenvalue weighted by molar-refractivity contribution is 5.81. The Morgan fingerprint density at radius 2 is 2.07 bits per heavy atom. The van der Waals surface area contributed by atoms with Crippen LogP contribution in [0.15, 0.2) is 30.5 Å². The van der Waals surface area contributed by atoms with E-state index < -0.39 is 0 Å². The minimum absolute atomic E-state index is 0.282. The molecule has 0 radical (unpaired) electrons. The van der Waals surface area contributed by atoms with Gasteiger partial charge in [-0.1, -0.05) is 6.07 Å². The summed E-state index contributed by atoms with van der Waals surface area (Å²) in [5.41, 5.74) is 3.03. The number of aryl methyl sites for hydroxylation is 1. The van der Waals surface area contributed by atoms with E-state index in [0.29, 0.717) is 0 Å². The summed E-state index contributed by atoms with van der Waals surface area (Å²) in [6, 6.07) is 8.98. The Balaban J connectivity index is 2.14. The highest BCUT2D eigenvalue weighted by atomic mass is 15.0. The quantitative estimate of drug-likeness (QED) is 0.787. The molecule has 0 amide bonds. The first-order chi connectivity index (χ1) is 7.25. The largest absolute Gasteiger partial charge is 0.351 e. The van der Waals surface area contributed by atoms with E-state index in [1.54, 1.807) is 0 Å². The monoisotopic (exact) mass is 200 g/mol. The van der Waals surface area contributed by atoms with Crippen LogP contribution in [-0.4, -0.2) is 11.6 Å². The molecule has 78 valence electrons. The van der Waals surface area contributed by atoms with Crippen LogP contribution in [0.4, 0.5) is 0 Å². The lowest BCUT2D eigenvalue weighted by Gasteiger charge is -2.14. The van der Waals surface area contributed by atoms with Crippen LogP contribution in [0.1, 0.15) is 18.4 Å². The summed E-state index contributed by atoms with van der Waals surface area (Å²) < 4.78 is 2.16. The van der Waals surface area contributed by atoms with Crippen molar-refractivity contribution >= 4 is 10.9 Å². The number of hydrogen-bond donors (Lipinski definition) is 1. The number of rotatable bonds is 2. The van der Waals surface area contributed by atoms with Crippen LogP contribution in [0.3, 0.4) is 0 Å². The van der Waals surface area contributed by atoms with Gasteiger partial charge in [0, 0.05) is 24.3 Å². The second kappa shape index (κ2) is 2.86. The molecule has 1 aromatic heterocycles. The number of hydrogen-bond acceptors (Lipinski definition) is 1. The van der Waals surface area contributed by atoms with Gasteiger partial charge in [0.1, 0.15) is 0 Å². The van der Waals surface area contributed by atoms with Crippen LogP contribution >= 0.6 is 0 Å². The first kappa shape index (κ1) is 8.98. The lowest BCUT2D eigenvalue weighted by molar-refractivity contribution is 0.586. The van der Waals surface area contributed by atoms with E-state index in [9.17, 15) is 0 Å². The molecule has 1 aliphatic rings. The van der Waals surface area contributed by atoms with E-state index in [1.165, 1.54) is 29.3 Å². The second-order valence-electron chi connectivity index (χ2n) is 4.53. The summed E-state index contributed by atoms with van der Waals surface area (Å²) in [7, 11) is 4.15. The lowest BCUT2D eigenvalue weighted by Crippen LogP contribution is -2.24. The normalized spacial score (nSPS) is 18.3. The highest BCUT2D eigenvalue weighted by Gasteiger charge is 2.42. The van der Waals surface area contributed by atoms with Crippen LogP contribution in [0.25, 0.3) is 10.9 Å². The first-order valence-corrected chi connectivity index (χ1v) is 5.50. The average molecular weight is 200 g/mol. The third kappa shape index (κ3) is 1.21. The molecule has 3 rings (SSSR count). The molecule has 15 heavy (non-hydrogen) atoms. The third-order valence-electron chi connectivity index (χ3n) is 3.67. The molecule has 0 unspecified atom stereocenters. The zero-order valence-corrected chi connectivity index (χ0v) is 9.25. The van der Waals surface area contributed by atoms with Gasteiger partial charge in [0.2, 0.25) is 0 Å². The Hall–Kier alpha value is -1.28. The predicted molar refractivity (Wildman–Crippen MR) is 62.9 cm³/mol. The molecule has 1 saturated carbocycles. The minimum atomic E-state index is 0.282. The molecule has 2 nitrogen and oxygen atoms in total. The summed E-state index contributed by atoms with van der Waals surface area (Å²) in [4.78, 5) is 0. The van der Waals surface area contributed by atoms with Gasteiger partial charge < -0.3 is 9.88 Å². The molecular formula is C13H16N2. The van der Waals surface area contributed by atoms with Crippen LogP contribution in [0.5, 0.6) is 0 Å². The van der Waals surface area contributed by atoms with Gasteiger partial charge in [-0.2, -0.15) is 0 Å². The summed E-state index contributed by atoms with van der Waals surface area (Å²) in [6.07, 6.45) is 4.65. The smallest absolute Gasteiger partial charge is 0.0477 e. The summed E-state index contributed by atoms with van der Waals surface area (Å²) in [5, 5.41) is 4.78. The van der Waals surface area contributed by atoms with Gasteiger partial charge in [-0.15, -0.1) is 0 Å². The SMILES string of the molecule is CNC1(c2ccc3c(ccn3C)c2)CC1. The van der Waals surface area contributed by atoms with Crippen molar-refractivity contribution in [1.82, 2.24) is 9.88 Å². The summed E-state index contributed by atoms with van der Waals surface area (Å²) in [5.74, 6) is 0. The van der Waals surface area contributed by atoms with E-state index in [0.717, 1.165) is 0 Å². The number of nitrogens with one attached hydrogen (secondary N) is 1. The fraction of sp³-hybridized carbons (Fsp3) is 0.385.